The molecule has 2 fully saturated rings. The predicted octanol–water partition coefficient (Wildman–Crippen LogP) is 2.08. The summed E-state index contributed by atoms with van der Waals surface area (Å²) >= 11 is 1.33. The number of nitrogens with zero attached hydrogens (tertiary/aromatic N) is 2. The summed E-state index contributed by atoms with van der Waals surface area (Å²) in [5.74, 6) is 0.694. The van der Waals surface area contributed by atoms with Crippen molar-refractivity contribution in [3.63, 3.8) is 0 Å². The first-order valence-electron chi connectivity index (χ1n) is 11.2. The fraction of sp³-hybridized carbons (Fsp3) is 0.417. The number of anilines is 2. The Morgan fingerprint density at radius 1 is 1.30 bits per heavy atom. The zero-order valence-electron chi connectivity index (χ0n) is 18.5. The fourth-order valence-electron chi connectivity index (χ4n) is 5.02. The maximum Gasteiger partial charge on any atom is 0.263 e. The molecule has 9 heteroatoms. The number of hydrogen-bond acceptors (Lipinski definition) is 8. The minimum absolute atomic E-state index is 0.0921. The molecule has 1 aromatic carbocycles. The normalized spacial score (nSPS) is 23.3. The van der Waals surface area contributed by atoms with Gasteiger partial charge in [0, 0.05) is 42.0 Å². The summed E-state index contributed by atoms with van der Waals surface area (Å²) in [6.45, 7) is 5.57. The van der Waals surface area contributed by atoms with E-state index in [4.69, 9.17) is 20.9 Å². The van der Waals surface area contributed by atoms with Gasteiger partial charge in [-0.15, -0.1) is 11.3 Å². The van der Waals surface area contributed by atoms with Crippen LogP contribution in [0.25, 0.3) is 10.2 Å². The number of thiophene rings is 1. The van der Waals surface area contributed by atoms with Gasteiger partial charge < -0.3 is 31.2 Å². The van der Waals surface area contributed by atoms with Gasteiger partial charge >= 0.3 is 0 Å². The van der Waals surface area contributed by atoms with Gasteiger partial charge in [-0.2, -0.15) is 0 Å². The third-order valence-electron chi connectivity index (χ3n) is 7.09. The number of aromatic nitrogens is 1. The molecule has 3 aliphatic rings. The number of pyridine rings is 1. The second-order valence-corrected chi connectivity index (χ2v) is 10.5. The summed E-state index contributed by atoms with van der Waals surface area (Å²) in [5, 5.41) is 3.92. The van der Waals surface area contributed by atoms with Crippen LogP contribution in [0.3, 0.4) is 0 Å². The molecule has 33 heavy (non-hydrogen) atoms. The highest BCUT2D eigenvalue weighted by molar-refractivity contribution is 7.21. The molecule has 3 aliphatic heterocycles. The van der Waals surface area contributed by atoms with E-state index >= 15 is 0 Å². The van der Waals surface area contributed by atoms with Crippen molar-refractivity contribution in [3.05, 3.63) is 46.5 Å². The quantitative estimate of drug-likeness (QED) is 0.542. The number of nitrogen functional groups attached to an aromatic ring is 1. The second kappa shape index (κ2) is 7.58. The molecule has 5 N–H and O–H groups in total. The van der Waals surface area contributed by atoms with Gasteiger partial charge in [0.05, 0.1) is 30.4 Å². The summed E-state index contributed by atoms with van der Waals surface area (Å²) in [5.41, 5.74) is 16.3. The maximum absolute atomic E-state index is 13.0. The first-order valence-corrected chi connectivity index (χ1v) is 12.0. The number of benzene rings is 1. The van der Waals surface area contributed by atoms with E-state index in [0.29, 0.717) is 23.6 Å². The van der Waals surface area contributed by atoms with Crippen LogP contribution in [0.15, 0.2) is 30.3 Å². The smallest absolute Gasteiger partial charge is 0.263 e. The molecule has 0 unspecified atom stereocenters. The van der Waals surface area contributed by atoms with Crippen LogP contribution in [-0.4, -0.2) is 55.9 Å². The molecule has 0 bridgehead atoms. The van der Waals surface area contributed by atoms with E-state index in [1.807, 2.05) is 19.1 Å². The van der Waals surface area contributed by atoms with Crippen molar-refractivity contribution in [2.45, 2.75) is 25.4 Å². The lowest BCUT2D eigenvalue weighted by atomic mass is 9.82. The summed E-state index contributed by atoms with van der Waals surface area (Å²) in [6, 6.07) is 10.1. The topological polar surface area (TPSA) is 116 Å². The van der Waals surface area contributed by atoms with Crippen molar-refractivity contribution in [1.82, 2.24) is 10.3 Å². The number of carbonyl (C=O) groups is 1. The lowest BCUT2D eigenvalue weighted by Gasteiger charge is -2.40. The molecule has 2 atom stereocenters. The van der Waals surface area contributed by atoms with Gasteiger partial charge in [-0.1, -0.05) is 6.07 Å². The molecular formula is C24H27N5O3S. The monoisotopic (exact) mass is 465 g/mol. The van der Waals surface area contributed by atoms with E-state index in [1.54, 1.807) is 0 Å². The third-order valence-corrected chi connectivity index (χ3v) is 8.20. The highest BCUT2D eigenvalue weighted by atomic mass is 32.1. The van der Waals surface area contributed by atoms with Crippen LogP contribution in [0.4, 0.5) is 11.4 Å². The number of amides is 1. The number of nitrogens with two attached hydrogens (primary N) is 2. The Hall–Kier alpha value is -2.88. The Kier molecular flexibility index (Phi) is 4.76. The molecule has 3 aromatic rings. The van der Waals surface area contributed by atoms with Gasteiger partial charge in [0.25, 0.3) is 5.91 Å². The Morgan fingerprint density at radius 2 is 2.15 bits per heavy atom. The Morgan fingerprint density at radius 3 is 2.91 bits per heavy atom. The summed E-state index contributed by atoms with van der Waals surface area (Å²) in [6.07, 6.45) is 0.709. The SMILES string of the molecule is Cc1ccc2c(N)c(C(=O)N[C@H]3COc4cc(N5C[C@@H](N)C6(COC6)C5)ccc4C3)sc2n1. The predicted molar refractivity (Wildman–Crippen MR) is 129 cm³/mol. The largest absolute Gasteiger partial charge is 0.491 e. The van der Waals surface area contributed by atoms with E-state index in [9.17, 15) is 4.79 Å². The van der Waals surface area contributed by atoms with Crippen molar-refractivity contribution in [3.8, 4) is 5.75 Å². The number of aryl methyl sites for hydroxylation is 1. The van der Waals surface area contributed by atoms with E-state index in [1.165, 1.54) is 11.3 Å². The van der Waals surface area contributed by atoms with Gasteiger partial charge in [0.15, 0.2) is 0 Å². The molecule has 0 saturated carbocycles. The molecule has 6 rings (SSSR count). The Balaban J connectivity index is 1.15. The average Bonchev–Trinajstić information content (AvgIpc) is 3.30. The molecule has 2 aromatic heterocycles. The van der Waals surface area contributed by atoms with Crippen LogP contribution >= 0.6 is 11.3 Å². The molecule has 172 valence electrons. The molecule has 1 amide bonds. The van der Waals surface area contributed by atoms with Gasteiger partial charge in [0.1, 0.15) is 22.1 Å². The zero-order chi connectivity index (χ0) is 22.7. The van der Waals surface area contributed by atoms with E-state index in [-0.39, 0.29) is 23.4 Å². The number of hydrogen-bond donors (Lipinski definition) is 3. The van der Waals surface area contributed by atoms with Gasteiger partial charge in [0.2, 0.25) is 0 Å². The van der Waals surface area contributed by atoms with Crippen LogP contribution in [0.1, 0.15) is 20.9 Å². The Bertz CT molecular complexity index is 1250. The lowest BCUT2D eigenvalue weighted by molar-refractivity contribution is -0.106. The molecule has 5 heterocycles. The van der Waals surface area contributed by atoms with Crippen molar-refractivity contribution in [1.29, 1.82) is 0 Å². The number of carbonyl (C=O) groups excluding carboxylic acids is 1. The molecule has 1 spiro atoms. The second-order valence-electron chi connectivity index (χ2n) is 9.47. The Labute approximate surface area is 195 Å². The number of fused-ring (bicyclic) bond motifs is 2. The number of rotatable bonds is 3. The van der Waals surface area contributed by atoms with E-state index < -0.39 is 0 Å². The molecule has 2 saturated heterocycles. The minimum Gasteiger partial charge on any atom is -0.491 e. The summed E-state index contributed by atoms with van der Waals surface area (Å²) in [4.78, 5) is 21.1. The highest BCUT2D eigenvalue weighted by Crippen LogP contribution is 2.40. The number of ether oxygens (including phenoxy) is 2. The van der Waals surface area contributed by atoms with Crippen molar-refractivity contribution < 1.29 is 14.3 Å². The van der Waals surface area contributed by atoms with Crippen LogP contribution in [0.2, 0.25) is 0 Å². The molecule has 8 nitrogen and oxygen atoms in total. The van der Waals surface area contributed by atoms with Crippen LogP contribution in [-0.2, 0) is 11.2 Å². The van der Waals surface area contributed by atoms with Crippen molar-refractivity contribution in [2.24, 2.45) is 11.1 Å². The van der Waals surface area contributed by atoms with Crippen LogP contribution in [0.5, 0.6) is 5.75 Å². The van der Waals surface area contributed by atoms with Crippen molar-refractivity contribution in [2.75, 3.05) is 43.5 Å². The van der Waals surface area contributed by atoms with Gasteiger partial charge in [-0.05, 0) is 37.1 Å². The van der Waals surface area contributed by atoms with Crippen LogP contribution in [0, 0.1) is 12.3 Å². The molecular weight excluding hydrogens is 438 g/mol. The minimum atomic E-state index is -0.180. The summed E-state index contributed by atoms with van der Waals surface area (Å²) in [7, 11) is 0. The van der Waals surface area contributed by atoms with E-state index in [2.05, 4.69) is 33.4 Å². The fourth-order valence-corrected chi connectivity index (χ4v) is 6.06. The first kappa shape index (κ1) is 20.7. The van der Waals surface area contributed by atoms with Gasteiger partial charge in [-0.25, -0.2) is 4.98 Å². The van der Waals surface area contributed by atoms with Crippen molar-refractivity contribution >= 4 is 38.8 Å². The third kappa shape index (κ3) is 3.42. The average molecular weight is 466 g/mol. The molecule has 0 radical (unpaired) electrons. The van der Waals surface area contributed by atoms with Crippen LogP contribution < -0.4 is 26.4 Å². The first-order chi connectivity index (χ1) is 15.9. The number of nitrogens with one attached hydrogen (secondary N) is 1. The highest BCUT2D eigenvalue weighted by Gasteiger charge is 2.50. The van der Waals surface area contributed by atoms with E-state index in [0.717, 1.165) is 59.2 Å². The zero-order valence-corrected chi connectivity index (χ0v) is 19.3. The maximum atomic E-state index is 13.0. The van der Waals surface area contributed by atoms with Gasteiger partial charge in [-0.3, -0.25) is 4.79 Å². The standard InChI is InChI=1S/C24H27N5O3S/c1-13-2-5-17-20(26)21(33-23(17)27-13)22(30)28-15-6-14-3-4-16(7-18(14)32-9-15)29-8-19(25)24(10-29)11-31-12-24/h2-5,7,15,19H,6,8-12,25-26H2,1H3,(H,28,30)/t15-,19-/m1/s1. The molecule has 0 aliphatic carbocycles. The lowest BCUT2D eigenvalue weighted by Crippen LogP contribution is -2.54. The summed E-state index contributed by atoms with van der Waals surface area (Å²) < 4.78 is 11.5.